The van der Waals surface area contributed by atoms with Crippen LogP contribution in [0.3, 0.4) is 0 Å². The standard InChI is InChI=1S/C15H13Cl2N/c16-13-6-1-11(2-7-13)3-10-15(18)12-4-8-14(17)9-5-12/h1-10,15H,18H2/b10-3+. The van der Waals surface area contributed by atoms with Crippen molar-refractivity contribution < 1.29 is 0 Å². The van der Waals surface area contributed by atoms with Crippen LogP contribution in [0.1, 0.15) is 17.2 Å². The zero-order valence-corrected chi connectivity index (χ0v) is 11.2. The van der Waals surface area contributed by atoms with E-state index in [-0.39, 0.29) is 6.04 Å². The Morgan fingerprint density at radius 2 is 1.33 bits per heavy atom. The first-order valence-electron chi connectivity index (χ1n) is 5.60. The Balaban J connectivity index is 2.08. The van der Waals surface area contributed by atoms with Gasteiger partial charge in [0.15, 0.2) is 0 Å². The van der Waals surface area contributed by atoms with Gasteiger partial charge in [0.2, 0.25) is 0 Å². The minimum absolute atomic E-state index is 0.141. The number of hydrogen-bond acceptors (Lipinski definition) is 1. The van der Waals surface area contributed by atoms with Crippen molar-refractivity contribution in [2.75, 3.05) is 0 Å². The van der Waals surface area contributed by atoms with Gasteiger partial charge in [0.25, 0.3) is 0 Å². The molecule has 18 heavy (non-hydrogen) atoms. The summed E-state index contributed by atoms with van der Waals surface area (Å²) in [4.78, 5) is 0. The first kappa shape index (κ1) is 13.2. The second-order valence-electron chi connectivity index (χ2n) is 3.99. The summed E-state index contributed by atoms with van der Waals surface area (Å²) in [7, 11) is 0. The fourth-order valence-electron chi connectivity index (χ4n) is 1.58. The van der Waals surface area contributed by atoms with Crippen molar-refractivity contribution in [2.45, 2.75) is 6.04 Å². The summed E-state index contributed by atoms with van der Waals surface area (Å²) >= 11 is 11.7. The third kappa shape index (κ3) is 3.61. The van der Waals surface area contributed by atoms with E-state index in [0.717, 1.165) is 16.1 Å². The van der Waals surface area contributed by atoms with E-state index in [1.54, 1.807) is 0 Å². The van der Waals surface area contributed by atoms with E-state index in [9.17, 15) is 0 Å². The molecule has 1 nitrogen and oxygen atoms in total. The average Bonchev–Trinajstić information content (AvgIpc) is 2.38. The van der Waals surface area contributed by atoms with Crippen molar-refractivity contribution in [3.8, 4) is 0 Å². The molecule has 0 aliphatic rings. The fourth-order valence-corrected chi connectivity index (χ4v) is 1.84. The van der Waals surface area contributed by atoms with E-state index in [1.807, 2.05) is 60.7 Å². The normalized spacial score (nSPS) is 12.8. The third-order valence-corrected chi connectivity index (χ3v) is 3.12. The fraction of sp³-hybridized carbons (Fsp3) is 0.0667. The number of hydrogen-bond donors (Lipinski definition) is 1. The molecule has 1 atom stereocenters. The molecule has 0 bridgehead atoms. The summed E-state index contributed by atoms with van der Waals surface area (Å²) in [5, 5.41) is 1.45. The monoisotopic (exact) mass is 277 g/mol. The summed E-state index contributed by atoms with van der Waals surface area (Å²) < 4.78 is 0. The predicted molar refractivity (Wildman–Crippen MR) is 78.9 cm³/mol. The zero-order chi connectivity index (χ0) is 13.0. The highest BCUT2D eigenvalue weighted by Gasteiger charge is 2.01. The minimum Gasteiger partial charge on any atom is -0.321 e. The van der Waals surface area contributed by atoms with Crippen molar-refractivity contribution in [3.63, 3.8) is 0 Å². The summed E-state index contributed by atoms with van der Waals surface area (Å²) in [5.41, 5.74) is 8.17. The van der Waals surface area contributed by atoms with Crippen molar-refractivity contribution in [1.29, 1.82) is 0 Å². The van der Waals surface area contributed by atoms with Crippen LogP contribution < -0.4 is 5.73 Å². The molecule has 0 spiro atoms. The Hall–Kier alpha value is -1.28. The van der Waals surface area contributed by atoms with Crippen LogP contribution in [0.2, 0.25) is 10.0 Å². The number of nitrogens with two attached hydrogens (primary N) is 1. The van der Waals surface area contributed by atoms with E-state index < -0.39 is 0 Å². The highest BCUT2D eigenvalue weighted by Crippen LogP contribution is 2.17. The maximum Gasteiger partial charge on any atom is 0.0484 e. The zero-order valence-electron chi connectivity index (χ0n) is 9.68. The van der Waals surface area contributed by atoms with E-state index in [2.05, 4.69) is 0 Å². The molecule has 2 N–H and O–H groups in total. The van der Waals surface area contributed by atoms with Crippen LogP contribution in [0, 0.1) is 0 Å². The quantitative estimate of drug-likeness (QED) is 0.864. The van der Waals surface area contributed by atoms with Gasteiger partial charge in [-0.15, -0.1) is 0 Å². The number of rotatable bonds is 3. The van der Waals surface area contributed by atoms with Crippen LogP contribution >= 0.6 is 23.2 Å². The Kier molecular flexibility index (Phi) is 4.43. The molecule has 0 aromatic heterocycles. The highest BCUT2D eigenvalue weighted by molar-refractivity contribution is 6.30. The van der Waals surface area contributed by atoms with Gasteiger partial charge >= 0.3 is 0 Å². The Bertz CT molecular complexity index is 529. The van der Waals surface area contributed by atoms with E-state index in [0.29, 0.717) is 5.02 Å². The molecule has 0 amide bonds. The third-order valence-electron chi connectivity index (χ3n) is 2.62. The molecule has 0 aliphatic carbocycles. The second kappa shape index (κ2) is 6.05. The molecule has 0 aliphatic heterocycles. The summed E-state index contributed by atoms with van der Waals surface area (Å²) in [5.74, 6) is 0. The van der Waals surface area contributed by atoms with Gasteiger partial charge in [-0.05, 0) is 35.4 Å². The van der Waals surface area contributed by atoms with Crippen LogP contribution in [0.4, 0.5) is 0 Å². The van der Waals surface area contributed by atoms with Crippen LogP contribution in [0.25, 0.3) is 6.08 Å². The van der Waals surface area contributed by atoms with E-state index >= 15 is 0 Å². The van der Waals surface area contributed by atoms with Gasteiger partial charge < -0.3 is 5.73 Å². The van der Waals surface area contributed by atoms with Gasteiger partial charge in [0, 0.05) is 16.1 Å². The summed E-state index contributed by atoms with van der Waals surface area (Å²) in [6, 6.07) is 15.0. The molecule has 0 saturated heterocycles. The van der Waals surface area contributed by atoms with Crippen LogP contribution in [-0.4, -0.2) is 0 Å². The molecule has 92 valence electrons. The summed E-state index contributed by atoms with van der Waals surface area (Å²) in [6.07, 6.45) is 3.93. The SMILES string of the molecule is NC(/C=C/c1ccc(Cl)cc1)c1ccc(Cl)cc1. The molecule has 2 rings (SSSR count). The Morgan fingerprint density at radius 1 is 0.833 bits per heavy atom. The van der Waals surface area contributed by atoms with Crippen molar-refractivity contribution in [3.05, 3.63) is 75.8 Å². The number of benzene rings is 2. The van der Waals surface area contributed by atoms with Gasteiger partial charge in [-0.3, -0.25) is 0 Å². The molecular weight excluding hydrogens is 265 g/mol. The van der Waals surface area contributed by atoms with Crippen molar-refractivity contribution in [1.82, 2.24) is 0 Å². The Labute approximate surface area is 117 Å². The largest absolute Gasteiger partial charge is 0.321 e. The maximum atomic E-state index is 6.07. The first-order valence-corrected chi connectivity index (χ1v) is 6.35. The van der Waals surface area contributed by atoms with Gasteiger partial charge in [-0.2, -0.15) is 0 Å². The van der Waals surface area contributed by atoms with Crippen molar-refractivity contribution in [2.24, 2.45) is 5.73 Å². The van der Waals surface area contributed by atoms with Gasteiger partial charge in [0.1, 0.15) is 0 Å². The molecule has 0 heterocycles. The van der Waals surface area contributed by atoms with Gasteiger partial charge in [-0.1, -0.05) is 59.6 Å². The number of halogens is 2. The molecular formula is C15H13Cl2N. The highest BCUT2D eigenvalue weighted by atomic mass is 35.5. The molecule has 0 saturated carbocycles. The average molecular weight is 278 g/mol. The first-order chi connectivity index (χ1) is 8.65. The predicted octanol–water partition coefficient (Wildman–Crippen LogP) is 4.71. The lowest BCUT2D eigenvalue weighted by atomic mass is 10.1. The molecule has 0 radical (unpaired) electrons. The second-order valence-corrected chi connectivity index (χ2v) is 4.86. The van der Waals surface area contributed by atoms with Crippen LogP contribution in [-0.2, 0) is 0 Å². The smallest absolute Gasteiger partial charge is 0.0484 e. The lowest BCUT2D eigenvalue weighted by Crippen LogP contribution is -2.06. The lowest BCUT2D eigenvalue weighted by Gasteiger charge is -2.06. The van der Waals surface area contributed by atoms with Crippen molar-refractivity contribution >= 4 is 29.3 Å². The van der Waals surface area contributed by atoms with E-state index in [4.69, 9.17) is 28.9 Å². The topological polar surface area (TPSA) is 26.0 Å². The molecule has 2 aromatic carbocycles. The van der Waals surface area contributed by atoms with Gasteiger partial charge in [0.05, 0.1) is 0 Å². The Morgan fingerprint density at radius 3 is 1.89 bits per heavy atom. The molecule has 3 heteroatoms. The van der Waals surface area contributed by atoms with E-state index in [1.165, 1.54) is 0 Å². The maximum absolute atomic E-state index is 6.07. The lowest BCUT2D eigenvalue weighted by molar-refractivity contribution is 0.916. The molecule has 0 fully saturated rings. The van der Waals surface area contributed by atoms with Crippen LogP contribution in [0.5, 0.6) is 0 Å². The molecule has 1 unspecified atom stereocenters. The summed E-state index contributed by atoms with van der Waals surface area (Å²) in [6.45, 7) is 0. The molecule has 2 aromatic rings. The van der Waals surface area contributed by atoms with Gasteiger partial charge in [-0.25, -0.2) is 0 Å². The van der Waals surface area contributed by atoms with Crippen LogP contribution in [0.15, 0.2) is 54.6 Å². The minimum atomic E-state index is -0.141.